The molecule has 0 radical (unpaired) electrons. The Labute approximate surface area is 159 Å². The van der Waals surface area contributed by atoms with Gasteiger partial charge < -0.3 is 14.5 Å². The number of esters is 1. The van der Waals surface area contributed by atoms with Crippen LogP contribution in [-0.4, -0.2) is 49.6 Å². The van der Waals surface area contributed by atoms with E-state index in [1.807, 2.05) is 24.3 Å². The minimum atomic E-state index is -0.525. The summed E-state index contributed by atoms with van der Waals surface area (Å²) < 4.78 is 5.58. The number of benzene rings is 1. The Hall–Kier alpha value is -1.76. The van der Waals surface area contributed by atoms with Crippen LogP contribution >= 0.6 is 34.5 Å². The van der Waals surface area contributed by atoms with Gasteiger partial charge in [0.25, 0.3) is 5.91 Å². The molecule has 0 N–H and O–H groups in total. The molecule has 1 aromatic carbocycles. The highest BCUT2D eigenvalue weighted by atomic mass is 35.5. The zero-order chi connectivity index (χ0) is 17.8. The first kappa shape index (κ1) is 18.0. The first-order chi connectivity index (χ1) is 12.0. The fourth-order valence-electron chi connectivity index (χ4n) is 2.60. The maximum absolute atomic E-state index is 12.2. The number of anilines is 1. The molecule has 1 aliphatic heterocycles. The fourth-order valence-corrected chi connectivity index (χ4v) is 3.72. The van der Waals surface area contributed by atoms with Gasteiger partial charge in [0, 0.05) is 36.9 Å². The van der Waals surface area contributed by atoms with Crippen molar-refractivity contribution in [1.29, 1.82) is 0 Å². The molecule has 1 aliphatic rings. The van der Waals surface area contributed by atoms with Crippen LogP contribution in [0.2, 0.25) is 9.36 Å². The summed E-state index contributed by atoms with van der Waals surface area (Å²) in [5.41, 5.74) is 1.04. The average Bonchev–Trinajstić information content (AvgIpc) is 3.06. The fraction of sp³-hybridized carbons (Fsp3) is 0.294. The molecule has 132 valence electrons. The third kappa shape index (κ3) is 4.66. The standard InChI is InChI=1S/C17H16Cl2N2O3S/c18-12-2-1-3-13(10-12)20-6-8-21(9-7-20)16(22)11-24-17(23)14-4-5-15(19)25-14/h1-5,10H,6-9,11H2. The van der Waals surface area contributed by atoms with Gasteiger partial charge in [-0.2, -0.15) is 0 Å². The van der Waals surface area contributed by atoms with E-state index in [1.165, 1.54) is 0 Å². The first-order valence-electron chi connectivity index (χ1n) is 7.73. The highest BCUT2D eigenvalue weighted by molar-refractivity contribution is 7.17. The lowest BCUT2D eigenvalue weighted by Crippen LogP contribution is -2.49. The highest BCUT2D eigenvalue weighted by Gasteiger charge is 2.22. The molecule has 5 nitrogen and oxygen atoms in total. The van der Waals surface area contributed by atoms with Crippen LogP contribution in [0.25, 0.3) is 0 Å². The first-order valence-corrected chi connectivity index (χ1v) is 9.31. The Kier molecular flexibility index (Phi) is 5.83. The average molecular weight is 399 g/mol. The van der Waals surface area contributed by atoms with E-state index >= 15 is 0 Å². The van der Waals surface area contributed by atoms with Gasteiger partial charge in [-0.15, -0.1) is 11.3 Å². The normalized spacial score (nSPS) is 14.5. The zero-order valence-corrected chi connectivity index (χ0v) is 15.6. The molecule has 0 atom stereocenters. The van der Waals surface area contributed by atoms with E-state index in [0.29, 0.717) is 40.4 Å². The summed E-state index contributed by atoms with van der Waals surface area (Å²) in [5, 5.41) is 0.691. The Bertz CT molecular complexity index is 773. The minimum absolute atomic E-state index is 0.193. The van der Waals surface area contributed by atoms with Crippen LogP contribution in [0.1, 0.15) is 9.67 Å². The number of hydrogen-bond donors (Lipinski definition) is 0. The van der Waals surface area contributed by atoms with Gasteiger partial charge in [-0.1, -0.05) is 29.3 Å². The summed E-state index contributed by atoms with van der Waals surface area (Å²) in [6.45, 7) is 2.31. The third-order valence-corrected chi connectivity index (χ3v) is 5.35. The molecular weight excluding hydrogens is 383 g/mol. The molecule has 1 saturated heterocycles. The maximum Gasteiger partial charge on any atom is 0.348 e. The largest absolute Gasteiger partial charge is 0.451 e. The number of ether oxygens (including phenoxy) is 1. The summed E-state index contributed by atoms with van der Waals surface area (Å²) in [7, 11) is 0. The molecule has 1 fully saturated rings. The molecule has 2 heterocycles. The summed E-state index contributed by atoms with van der Waals surface area (Å²) in [6.07, 6.45) is 0. The van der Waals surface area contributed by atoms with Crippen molar-refractivity contribution in [3.63, 3.8) is 0 Å². The number of amides is 1. The van der Waals surface area contributed by atoms with Crippen LogP contribution in [0.4, 0.5) is 5.69 Å². The van der Waals surface area contributed by atoms with Crippen molar-refractivity contribution in [2.75, 3.05) is 37.7 Å². The molecule has 0 aliphatic carbocycles. The maximum atomic E-state index is 12.2. The summed E-state index contributed by atoms with van der Waals surface area (Å²) >= 11 is 12.9. The Morgan fingerprint density at radius 1 is 1.08 bits per heavy atom. The van der Waals surface area contributed by atoms with E-state index in [1.54, 1.807) is 17.0 Å². The molecule has 0 unspecified atom stereocenters. The summed E-state index contributed by atoms with van der Waals surface area (Å²) in [5.74, 6) is -0.718. The van der Waals surface area contributed by atoms with Gasteiger partial charge in [-0.05, 0) is 30.3 Å². The second kappa shape index (κ2) is 8.08. The van der Waals surface area contributed by atoms with Crippen molar-refractivity contribution < 1.29 is 14.3 Å². The number of carbonyl (C=O) groups is 2. The summed E-state index contributed by atoms with van der Waals surface area (Å²) in [4.78, 5) is 28.3. The van der Waals surface area contributed by atoms with Crippen molar-refractivity contribution in [2.45, 2.75) is 0 Å². The zero-order valence-electron chi connectivity index (χ0n) is 13.3. The molecule has 0 spiro atoms. The van der Waals surface area contributed by atoms with Gasteiger partial charge in [-0.25, -0.2) is 4.79 Å². The minimum Gasteiger partial charge on any atom is -0.451 e. The van der Waals surface area contributed by atoms with Crippen molar-refractivity contribution >= 4 is 52.1 Å². The van der Waals surface area contributed by atoms with Gasteiger partial charge in [0.15, 0.2) is 6.61 Å². The highest BCUT2D eigenvalue weighted by Crippen LogP contribution is 2.22. The lowest BCUT2D eigenvalue weighted by molar-refractivity contribution is -0.134. The Morgan fingerprint density at radius 3 is 2.48 bits per heavy atom. The lowest BCUT2D eigenvalue weighted by Gasteiger charge is -2.36. The number of hydrogen-bond acceptors (Lipinski definition) is 5. The van der Waals surface area contributed by atoms with Gasteiger partial charge in [0.05, 0.1) is 4.34 Å². The van der Waals surface area contributed by atoms with Gasteiger partial charge >= 0.3 is 5.97 Å². The van der Waals surface area contributed by atoms with E-state index in [4.69, 9.17) is 27.9 Å². The van der Waals surface area contributed by atoms with Crippen LogP contribution in [0.3, 0.4) is 0 Å². The van der Waals surface area contributed by atoms with Gasteiger partial charge in [-0.3, -0.25) is 4.79 Å². The smallest absolute Gasteiger partial charge is 0.348 e. The van der Waals surface area contributed by atoms with E-state index in [2.05, 4.69) is 4.90 Å². The van der Waals surface area contributed by atoms with Crippen LogP contribution in [0, 0.1) is 0 Å². The predicted molar refractivity (Wildman–Crippen MR) is 99.9 cm³/mol. The third-order valence-electron chi connectivity index (χ3n) is 3.91. The second-order valence-electron chi connectivity index (χ2n) is 5.53. The SMILES string of the molecule is O=C(OCC(=O)N1CCN(c2cccc(Cl)c2)CC1)c1ccc(Cl)s1. The number of rotatable bonds is 4. The van der Waals surface area contributed by atoms with E-state index in [0.717, 1.165) is 17.0 Å². The molecule has 25 heavy (non-hydrogen) atoms. The molecule has 1 amide bonds. The molecule has 8 heteroatoms. The van der Waals surface area contributed by atoms with Gasteiger partial charge in [0.1, 0.15) is 4.88 Å². The number of carbonyl (C=O) groups excluding carboxylic acids is 2. The van der Waals surface area contributed by atoms with E-state index < -0.39 is 5.97 Å². The number of piperazine rings is 1. The Balaban J connectivity index is 1.47. The van der Waals surface area contributed by atoms with Crippen molar-refractivity contribution in [1.82, 2.24) is 4.90 Å². The molecule has 0 bridgehead atoms. The van der Waals surface area contributed by atoms with Gasteiger partial charge in [0.2, 0.25) is 0 Å². The summed E-state index contributed by atoms with van der Waals surface area (Å²) in [6, 6.07) is 10.9. The van der Waals surface area contributed by atoms with Crippen molar-refractivity contribution in [3.05, 3.63) is 50.6 Å². The quantitative estimate of drug-likeness (QED) is 0.738. The molecule has 2 aromatic rings. The van der Waals surface area contributed by atoms with Crippen LogP contribution < -0.4 is 4.90 Å². The van der Waals surface area contributed by atoms with E-state index in [-0.39, 0.29) is 12.5 Å². The Morgan fingerprint density at radius 2 is 1.84 bits per heavy atom. The van der Waals surface area contributed by atoms with E-state index in [9.17, 15) is 9.59 Å². The van der Waals surface area contributed by atoms with Crippen LogP contribution in [-0.2, 0) is 9.53 Å². The molecular formula is C17H16Cl2N2O3S. The van der Waals surface area contributed by atoms with Crippen molar-refractivity contribution in [3.8, 4) is 0 Å². The number of halogens is 2. The van der Waals surface area contributed by atoms with Crippen molar-refractivity contribution in [2.24, 2.45) is 0 Å². The molecule has 0 saturated carbocycles. The number of nitrogens with zero attached hydrogens (tertiary/aromatic N) is 2. The monoisotopic (exact) mass is 398 g/mol. The lowest BCUT2D eigenvalue weighted by atomic mass is 10.2. The molecule has 1 aromatic heterocycles. The second-order valence-corrected chi connectivity index (χ2v) is 7.68. The van der Waals surface area contributed by atoms with Crippen LogP contribution in [0.5, 0.6) is 0 Å². The predicted octanol–water partition coefficient (Wildman–Crippen LogP) is 3.56. The topological polar surface area (TPSA) is 49.9 Å². The number of thiophene rings is 1. The molecule has 3 rings (SSSR count). The van der Waals surface area contributed by atoms with Crippen LogP contribution in [0.15, 0.2) is 36.4 Å².